The van der Waals surface area contributed by atoms with Crippen LogP contribution in [-0.4, -0.2) is 40.4 Å². The molecular formula is C16H17N3O3. The van der Waals surface area contributed by atoms with Crippen LogP contribution in [0.25, 0.3) is 0 Å². The Morgan fingerprint density at radius 1 is 1.14 bits per heavy atom. The van der Waals surface area contributed by atoms with E-state index in [0.29, 0.717) is 12.2 Å². The average molecular weight is 299 g/mol. The topological polar surface area (TPSA) is 72.4 Å². The molecule has 0 spiro atoms. The smallest absolute Gasteiger partial charge is 0.359 e. The van der Waals surface area contributed by atoms with Crippen molar-refractivity contribution in [3.8, 4) is 0 Å². The first-order valence-corrected chi connectivity index (χ1v) is 6.80. The lowest BCUT2D eigenvalue weighted by Gasteiger charge is -2.17. The number of carbonyl (C=O) groups is 2. The second-order valence-corrected chi connectivity index (χ2v) is 4.85. The lowest BCUT2D eigenvalue weighted by molar-refractivity contribution is -0.133. The molecule has 1 aromatic carbocycles. The summed E-state index contributed by atoms with van der Waals surface area (Å²) in [4.78, 5) is 33.1. The summed E-state index contributed by atoms with van der Waals surface area (Å²) in [6.45, 7) is 1.91. The van der Waals surface area contributed by atoms with Crippen molar-refractivity contribution in [2.75, 3.05) is 13.7 Å². The van der Waals surface area contributed by atoms with Crippen molar-refractivity contribution in [1.29, 1.82) is 0 Å². The molecule has 0 atom stereocenters. The van der Waals surface area contributed by atoms with Gasteiger partial charge in [-0.3, -0.25) is 9.78 Å². The molecule has 2 aromatic rings. The van der Waals surface area contributed by atoms with Crippen LogP contribution in [0.5, 0.6) is 0 Å². The average Bonchev–Trinajstić information content (AvgIpc) is 2.53. The first-order chi connectivity index (χ1) is 10.6. The number of benzene rings is 1. The highest BCUT2D eigenvalue weighted by molar-refractivity contribution is 5.89. The van der Waals surface area contributed by atoms with Crippen LogP contribution in [0.4, 0.5) is 0 Å². The fourth-order valence-corrected chi connectivity index (χ4v) is 1.75. The van der Waals surface area contributed by atoms with E-state index in [2.05, 4.69) is 9.97 Å². The van der Waals surface area contributed by atoms with Crippen molar-refractivity contribution in [1.82, 2.24) is 14.9 Å². The maximum atomic E-state index is 11.9. The van der Waals surface area contributed by atoms with Crippen molar-refractivity contribution < 1.29 is 14.3 Å². The number of aromatic nitrogens is 2. The Kier molecular flexibility index (Phi) is 5.19. The van der Waals surface area contributed by atoms with Gasteiger partial charge in [-0.2, -0.15) is 0 Å². The van der Waals surface area contributed by atoms with Gasteiger partial charge in [-0.1, -0.05) is 30.3 Å². The highest BCUT2D eigenvalue weighted by Gasteiger charge is 2.14. The second kappa shape index (κ2) is 7.31. The number of amides is 1. The summed E-state index contributed by atoms with van der Waals surface area (Å²) in [5.74, 6) is -0.939. The Labute approximate surface area is 128 Å². The monoisotopic (exact) mass is 299 g/mol. The first-order valence-electron chi connectivity index (χ1n) is 6.80. The van der Waals surface area contributed by atoms with Gasteiger partial charge < -0.3 is 9.64 Å². The van der Waals surface area contributed by atoms with Gasteiger partial charge in [0, 0.05) is 19.8 Å². The van der Waals surface area contributed by atoms with E-state index in [1.165, 1.54) is 17.3 Å². The molecule has 2 rings (SSSR count). The second-order valence-electron chi connectivity index (χ2n) is 4.85. The molecule has 0 aliphatic rings. The predicted molar refractivity (Wildman–Crippen MR) is 80.0 cm³/mol. The third kappa shape index (κ3) is 4.37. The molecule has 0 fully saturated rings. The van der Waals surface area contributed by atoms with E-state index in [0.717, 1.165) is 5.56 Å². The van der Waals surface area contributed by atoms with Crippen LogP contribution in [0.1, 0.15) is 21.7 Å². The molecule has 1 aromatic heterocycles. The number of carbonyl (C=O) groups excluding carboxylic acids is 2. The zero-order valence-corrected chi connectivity index (χ0v) is 12.5. The summed E-state index contributed by atoms with van der Waals surface area (Å²) in [5.41, 5.74) is 1.80. The Bertz CT molecular complexity index is 641. The zero-order valence-electron chi connectivity index (χ0n) is 12.5. The van der Waals surface area contributed by atoms with Crippen LogP contribution in [0.2, 0.25) is 0 Å². The summed E-state index contributed by atoms with van der Waals surface area (Å²) in [6, 6.07) is 9.58. The number of esters is 1. The van der Waals surface area contributed by atoms with Crippen molar-refractivity contribution in [3.05, 3.63) is 59.7 Å². The molecule has 1 amide bonds. The quantitative estimate of drug-likeness (QED) is 0.784. The van der Waals surface area contributed by atoms with E-state index in [9.17, 15) is 9.59 Å². The van der Waals surface area contributed by atoms with E-state index >= 15 is 0 Å². The molecule has 0 saturated heterocycles. The van der Waals surface area contributed by atoms with Gasteiger partial charge in [0.1, 0.15) is 0 Å². The summed E-state index contributed by atoms with van der Waals surface area (Å²) in [6.07, 6.45) is 2.80. The number of likely N-dealkylation sites (N-methyl/N-ethyl adjacent to an activating group) is 1. The van der Waals surface area contributed by atoms with Gasteiger partial charge in [0.25, 0.3) is 5.91 Å². The fraction of sp³-hybridized carbons (Fsp3) is 0.250. The van der Waals surface area contributed by atoms with Crippen molar-refractivity contribution in [2.24, 2.45) is 0 Å². The SMILES string of the molecule is Cc1cnc(C(=O)OCC(=O)N(C)Cc2ccccc2)cn1. The molecule has 0 unspecified atom stereocenters. The number of ether oxygens (including phenoxy) is 1. The summed E-state index contributed by atoms with van der Waals surface area (Å²) < 4.78 is 4.96. The molecule has 0 N–H and O–H groups in total. The van der Waals surface area contributed by atoms with Gasteiger partial charge in [0.15, 0.2) is 12.3 Å². The molecule has 0 aliphatic heterocycles. The normalized spacial score (nSPS) is 10.1. The number of rotatable bonds is 5. The van der Waals surface area contributed by atoms with Crippen LogP contribution >= 0.6 is 0 Å². The molecule has 0 saturated carbocycles. The molecule has 0 radical (unpaired) electrons. The van der Waals surface area contributed by atoms with Gasteiger partial charge in [0.05, 0.1) is 11.9 Å². The lowest BCUT2D eigenvalue weighted by Crippen LogP contribution is -2.30. The summed E-state index contributed by atoms with van der Waals surface area (Å²) in [7, 11) is 1.66. The minimum Gasteiger partial charge on any atom is -0.451 e. The van der Waals surface area contributed by atoms with E-state index in [4.69, 9.17) is 4.74 Å². The predicted octanol–water partition coefficient (Wildman–Crippen LogP) is 1.60. The van der Waals surface area contributed by atoms with Crippen molar-refractivity contribution in [2.45, 2.75) is 13.5 Å². The molecule has 0 aliphatic carbocycles. The third-order valence-corrected chi connectivity index (χ3v) is 3.01. The van der Waals surface area contributed by atoms with Gasteiger partial charge in [-0.15, -0.1) is 0 Å². The maximum absolute atomic E-state index is 11.9. The zero-order chi connectivity index (χ0) is 15.9. The highest BCUT2D eigenvalue weighted by Crippen LogP contribution is 2.03. The lowest BCUT2D eigenvalue weighted by atomic mass is 10.2. The minimum absolute atomic E-state index is 0.0871. The highest BCUT2D eigenvalue weighted by atomic mass is 16.5. The molecule has 22 heavy (non-hydrogen) atoms. The molecule has 1 heterocycles. The van der Waals surface area contributed by atoms with Gasteiger partial charge in [-0.25, -0.2) is 9.78 Å². The number of hydrogen-bond donors (Lipinski definition) is 0. The third-order valence-electron chi connectivity index (χ3n) is 3.01. The van der Waals surface area contributed by atoms with Crippen LogP contribution in [0.15, 0.2) is 42.7 Å². The first kappa shape index (κ1) is 15.6. The Balaban J connectivity index is 1.84. The van der Waals surface area contributed by atoms with Crippen LogP contribution in [0, 0.1) is 6.92 Å². The van der Waals surface area contributed by atoms with Gasteiger partial charge in [0.2, 0.25) is 0 Å². The van der Waals surface area contributed by atoms with E-state index in [1.54, 1.807) is 14.0 Å². The molecule has 0 bridgehead atoms. The standard InChI is InChI=1S/C16H17N3O3/c1-12-8-18-14(9-17-12)16(21)22-11-15(20)19(2)10-13-6-4-3-5-7-13/h3-9H,10-11H2,1-2H3. The largest absolute Gasteiger partial charge is 0.451 e. The van der Waals surface area contributed by atoms with E-state index in [-0.39, 0.29) is 18.2 Å². The fourth-order valence-electron chi connectivity index (χ4n) is 1.75. The van der Waals surface area contributed by atoms with E-state index in [1.807, 2.05) is 30.3 Å². The Morgan fingerprint density at radius 3 is 2.50 bits per heavy atom. The molecular weight excluding hydrogens is 282 g/mol. The number of aryl methyl sites for hydroxylation is 1. The van der Waals surface area contributed by atoms with Crippen molar-refractivity contribution in [3.63, 3.8) is 0 Å². The van der Waals surface area contributed by atoms with Crippen LogP contribution in [-0.2, 0) is 16.1 Å². The summed E-state index contributed by atoms with van der Waals surface area (Å²) >= 11 is 0. The Hall–Kier alpha value is -2.76. The summed E-state index contributed by atoms with van der Waals surface area (Å²) in [5, 5.41) is 0. The molecule has 6 nitrogen and oxygen atoms in total. The van der Waals surface area contributed by atoms with Gasteiger partial charge in [-0.05, 0) is 12.5 Å². The Morgan fingerprint density at radius 2 is 1.86 bits per heavy atom. The van der Waals surface area contributed by atoms with Crippen molar-refractivity contribution >= 4 is 11.9 Å². The van der Waals surface area contributed by atoms with E-state index < -0.39 is 5.97 Å². The van der Waals surface area contributed by atoms with Crippen LogP contribution in [0.3, 0.4) is 0 Å². The number of hydrogen-bond acceptors (Lipinski definition) is 5. The number of nitrogens with zero attached hydrogens (tertiary/aromatic N) is 3. The minimum atomic E-state index is -0.658. The van der Waals surface area contributed by atoms with Gasteiger partial charge >= 0.3 is 5.97 Å². The molecule has 114 valence electrons. The molecule has 6 heteroatoms. The maximum Gasteiger partial charge on any atom is 0.359 e. The van der Waals surface area contributed by atoms with Crippen LogP contribution < -0.4 is 0 Å².